The van der Waals surface area contributed by atoms with Crippen LogP contribution in [0.3, 0.4) is 0 Å². The van der Waals surface area contributed by atoms with E-state index < -0.39 is 0 Å². The second kappa shape index (κ2) is 5.12. The van der Waals surface area contributed by atoms with Crippen molar-refractivity contribution in [3.05, 3.63) is 41.2 Å². The molecule has 1 aliphatic rings. The molecule has 3 nitrogen and oxygen atoms in total. The van der Waals surface area contributed by atoms with E-state index in [4.69, 9.17) is 11.6 Å². The number of halogens is 1. The molecule has 2 N–H and O–H groups in total. The van der Waals surface area contributed by atoms with E-state index in [9.17, 15) is 0 Å². The molecule has 0 atom stereocenters. The number of piperidine rings is 1. The van der Waals surface area contributed by atoms with Crippen LogP contribution in [0.5, 0.6) is 0 Å². The van der Waals surface area contributed by atoms with E-state index >= 15 is 0 Å². The summed E-state index contributed by atoms with van der Waals surface area (Å²) >= 11 is 5.89. The quantitative estimate of drug-likeness (QED) is 0.872. The van der Waals surface area contributed by atoms with Crippen LogP contribution in [0.15, 0.2) is 30.5 Å². The van der Waals surface area contributed by atoms with E-state index in [0.717, 1.165) is 29.5 Å². The summed E-state index contributed by atoms with van der Waals surface area (Å²) in [4.78, 5) is 7.91. The molecule has 0 radical (unpaired) electrons. The SMILES string of the molecule is Clc1ccc(-c2ncc(C3CCNCC3)[nH]2)cc1. The normalized spacial score (nSPS) is 16.9. The molecule has 18 heavy (non-hydrogen) atoms. The van der Waals surface area contributed by atoms with E-state index in [2.05, 4.69) is 15.3 Å². The second-order valence-corrected chi connectivity index (χ2v) is 5.15. The van der Waals surface area contributed by atoms with Gasteiger partial charge in [-0.05, 0) is 50.2 Å². The average Bonchev–Trinajstić information content (AvgIpc) is 2.90. The Kier molecular flexibility index (Phi) is 3.35. The van der Waals surface area contributed by atoms with Crippen molar-refractivity contribution in [1.82, 2.24) is 15.3 Å². The average molecular weight is 262 g/mol. The molecule has 0 unspecified atom stereocenters. The van der Waals surface area contributed by atoms with Crippen molar-refractivity contribution < 1.29 is 0 Å². The molecule has 0 amide bonds. The number of imidazole rings is 1. The largest absolute Gasteiger partial charge is 0.342 e. The van der Waals surface area contributed by atoms with Crippen LogP contribution in [-0.2, 0) is 0 Å². The lowest BCUT2D eigenvalue weighted by molar-refractivity contribution is 0.454. The van der Waals surface area contributed by atoms with Gasteiger partial charge in [0.15, 0.2) is 0 Å². The van der Waals surface area contributed by atoms with Gasteiger partial charge < -0.3 is 10.3 Å². The molecular formula is C14H16ClN3. The maximum Gasteiger partial charge on any atom is 0.137 e. The highest BCUT2D eigenvalue weighted by molar-refractivity contribution is 6.30. The number of aromatic nitrogens is 2. The molecule has 0 saturated carbocycles. The smallest absolute Gasteiger partial charge is 0.137 e. The van der Waals surface area contributed by atoms with Gasteiger partial charge in [-0.15, -0.1) is 0 Å². The summed E-state index contributed by atoms with van der Waals surface area (Å²) < 4.78 is 0. The van der Waals surface area contributed by atoms with Crippen molar-refractivity contribution in [2.24, 2.45) is 0 Å². The topological polar surface area (TPSA) is 40.7 Å². The van der Waals surface area contributed by atoms with Gasteiger partial charge in [0.25, 0.3) is 0 Å². The zero-order chi connectivity index (χ0) is 12.4. The summed E-state index contributed by atoms with van der Waals surface area (Å²) in [5.41, 5.74) is 2.33. The van der Waals surface area contributed by atoms with Gasteiger partial charge in [-0.1, -0.05) is 11.6 Å². The van der Waals surface area contributed by atoms with Crippen molar-refractivity contribution in [2.45, 2.75) is 18.8 Å². The first-order valence-corrected chi connectivity index (χ1v) is 6.72. The molecule has 2 aromatic rings. The minimum atomic E-state index is 0.611. The summed E-state index contributed by atoms with van der Waals surface area (Å²) in [6.45, 7) is 2.19. The van der Waals surface area contributed by atoms with Gasteiger partial charge in [0, 0.05) is 28.4 Å². The summed E-state index contributed by atoms with van der Waals surface area (Å²) in [5, 5.41) is 4.13. The fourth-order valence-electron chi connectivity index (χ4n) is 2.43. The van der Waals surface area contributed by atoms with Gasteiger partial charge in [-0.2, -0.15) is 0 Å². The highest BCUT2D eigenvalue weighted by atomic mass is 35.5. The first-order chi connectivity index (χ1) is 8.83. The third-order valence-electron chi connectivity index (χ3n) is 3.49. The molecule has 3 rings (SSSR count). The van der Waals surface area contributed by atoms with Crippen LogP contribution in [0.4, 0.5) is 0 Å². The predicted molar refractivity (Wildman–Crippen MR) is 73.9 cm³/mol. The molecule has 1 fully saturated rings. The van der Waals surface area contributed by atoms with E-state index in [-0.39, 0.29) is 0 Å². The lowest BCUT2D eigenvalue weighted by Crippen LogP contribution is -2.26. The van der Waals surface area contributed by atoms with E-state index in [1.807, 2.05) is 30.5 Å². The maximum atomic E-state index is 5.89. The predicted octanol–water partition coefficient (Wildman–Crippen LogP) is 3.20. The molecule has 0 bridgehead atoms. The van der Waals surface area contributed by atoms with Gasteiger partial charge >= 0.3 is 0 Å². The number of aromatic amines is 1. The molecule has 0 aliphatic carbocycles. The Balaban J connectivity index is 1.82. The molecule has 4 heteroatoms. The highest BCUT2D eigenvalue weighted by Gasteiger charge is 2.17. The summed E-state index contributed by atoms with van der Waals surface area (Å²) in [6.07, 6.45) is 4.34. The zero-order valence-corrected chi connectivity index (χ0v) is 10.9. The lowest BCUT2D eigenvalue weighted by atomic mass is 9.95. The fourth-order valence-corrected chi connectivity index (χ4v) is 2.56. The van der Waals surface area contributed by atoms with Crippen LogP contribution in [0.25, 0.3) is 11.4 Å². The lowest BCUT2D eigenvalue weighted by Gasteiger charge is -2.21. The van der Waals surface area contributed by atoms with Gasteiger partial charge in [-0.3, -0.25) is 0 Å². The Labute approximate surface area is 112 Å². The highest BCUT2D eigenvalue weighted by Crippen LogP contribution is 2.26. The van der Waals surface area contributed by atoms with Crippen LogP contribution in [-0.4, -0.2) is 23.1 Å². The van der Waals surface area contributed by atoms with E-state index in [1.165, 1.54) is 18.5 Å². The first-order valence-electron chi connectivity index (χ1n) is 6.34. The fraction of sp³-hybridized carbons (Fsp3) is 0.357. The Bertz CT molecular complexity index is 512. The summed E-state index contributed by atoms with van der Waals surface area (Å²) in [5.74, 6) is 1.54. The standard InChI is InChI=1S/C14H16ClN3/c15-12-3-1-11(2-4-12)14-17-9-13(18-14)10-5-7-16-8-6-10/h1-4,9-10,16H,5-8H2,(H,17,18). The Morgan fingerprint density at radius 1 is 1.11 bits per heavy atom. The van der Waals surface area contributed by atoms with Gasteiger partial charge in [0.05, 0.1) is 0 Å². The zero-order valence-electron chi connectivity index (χ0n) is 10.1. The number of rotatable bonds is 2. The Morgan fingerprint density at radius 2 is 1.83 bits per heavy atom. The van der Waals surface area contributed by atoms with Crippen molar-refractivity contribution in [3.8, 4) is 11.4 Å². The minimum absolute atomic E-state index is 0.611. The van der Waals surface area contributed by atoms with Gasteiger partial charge in [-0.25, -0.2) is 4.98 Å². The minimum Gasteiger partial charge on any atom is -0.342 e. The second-order valence-electron chi connectivity index (χ2n) is 4.72. The number of H-pyrrole nitrogens is 1. The van der Waals surface area contributed by atoms with Crippen LogP contribution in [0, 0.1) is 0 Å². The van der Waals surface area contributed by atoms with Gasteiger partial charge in [0.2, 0.25) is 0 Å². The first kappa shape index (κ1) is 11.8. The van der Waals surface area contributed by atoms with Crippen molar-refractivity contribution in [1.29, 1.82) is 0 Å². The molecule has 1 aromatic heterocycles. The molecular weight excluding hydrogens is 246 g/mol. The number of nitrogens with one attached hydrogen (secondary N) is 2. The van der Waals surface area contributed by atoms with Crippen molar-refractivity contribution in [3.63, 3.8) is 0 Å². The van der Waals surface area contributed by atoms with Crippen LogP contribution >= 0.6 is 11.6 Å². The van der Waals surface area contributed by atoms with Crippen molar-refractivity contribution >= 4 is 11.6 Å². The third kappa shape index (κ3) is 2.42. The molecule has 1 aromatic carbocycles. The molecule has 1 aliphatic heterocycles. The Morgan fingerprint density at radius 3 is 2.56 bits per heavy atom. The third-order valence-corrected chi connectivity index (χ3v) is 3.74. The van der Waals surface area contributed by atoms with Crippen molar-refractivity contribution in [2.75, 3.05) is 13.1 Å². The van der Waals surface area contributed by atoms with Crippen LogP contribution in [0.2, 0.25) is 5.02 Å². The van der Waals surface area contributed by atoms with Crippen LogP contribution in [0.1, 0.15) is 24.5 Å². The molecule has 2 heterocycles. The number of benzene rings is 1. The summed E-state index contributed by atoms with van der Waals surface area (Å²) in [6, 6.07) is 7.77. The summed E-state index contributed by atoms with van der Waals surface area (Å²) in [7, 11) is 0. The number of nitrogens with zero attached hydrogens (tertiary/aromatic N) is 1. The van der Waals surface area contributed by atoms with E-state index in [0.29, 0.717) is 5.92 Å². The molecule has 94 valence electrons. The monoisotopic (exact) mass is 261 g/mol. The van der Waals surface area contributed by atoms with Gasteiger partial charge in [0.1, 0.15) is 5.82 Å². The molecule has 1 saturated heterocycles. The Hall–Kier alpha value is -1.32. The van der Waals surface area contributed by atoms with E-state index in [1.54, 1.807) is 0 Å². The maximum absolute atomic E-state index is 5.89. The number of hydrogen-bond donors (Lipinski definition) is 2. The molecule has 0 spiro atoms. The van der Waals surface area contributed by atoms with Crippen LogP contribution < -0.4 is 5.32 Å². The number of hydrogen-bond acceptors (Lipinski definition) is 2.